The van der Waals surface area contributed by atoms with Crippen LogP contribution < -0.4 is 9.47 Å². The Morgan fingerprint density at radius 2 is 0.957 bits per heavy atom. The van der Waals surface area contributed by atoms with Gasteiger partial charge in [-0.15, -0.1) is 0 Å². The summed E-state index contributed by atoms with van der Waals surface area (Å²) in [5.74, 6) is 1.71. The van der Waals surface area contributed by atoms with Crippen molar-refractivity contribution >= 4 is 0 Å². The van der Waals surface area contributed by atoms with Crippen molar-refractivity contribution in [1.29, 1.82) is 0 Å². The van der Waals surface area contributed by atoms with Crippen molar-refractivity contribution in [2.24, 2.45) is 0 Å². The summed E-state index contributed by atoms with van der Waals surface area (Å²) in [4.78, 5) is 0. The topological polar surface area (TPSA) is 18.5 Å². The lowest BCUT2D eigenvalue weighted by atomic mass is 10.1. The number of ether oxygens (including phenoxy) is 2. The van der Waals surface area contributed by atoms with Crippen LogP contribution in [0.5, 0.6) is 11.5 Å². The van der Waals surface area contributed by atoms with E-state index in [1.165, 1.54) is 22.3 Å². The molecule has 2 nitrogen and oxygen atoms in total. The van der Waals surface area contributed by atoms with Gasteiger partial charge in [-0.3, -0.25) is 0 Å². The minimum absolute atomic E-state index is 0.664. The quantitative estimate of drug-likeness (QED) is 0.468. The van der Waals surface area contributed by atoms with Gasteiger partial charge in [0, 0.05) is 0 Å². The molecule has 0 amide bonds. The molecule has 0 atom stereocenters. The Morgan fingerprint density at radius 1 is 0.522 bits per heavy atom. The fourth-order valence-electron chi connectivity index (χ4n) is 3.07. The van der Waals surface area contributed by atoms with Crippen LogP contribution in [0, 0.1) is 0 Å². The van der Waals surface area contributed by atoms with E-state index in [4.69, 9.17) is 9.47 Å². The first-order valence-electron chi connectivity index (χ1n) is 7.92. The van der Waals surface area contributed by atoms with E-state index < -0.39 is 0 Å². The molecule has 0 unspecified atom stereocenters. The highest BCUT2D eigenvalue weighted by molar-refractivity contribution is 5.76. The van der Waals surface area contributed by atoms with Gasteiger partial charge in [0.25, 0.3) is 0 Å². The predicted molar refractivity (Wildman–Crippen MR) is 92.1 cm³/mol. The van der Waals surface area contributed by atoms with Crippen molar-refractivity contribution < 1.29 is 9.47 Å². The predicted octanol–water partition coefficient (Wildman–Crippen LogP) is 4.72. The standard InChI is InChI=1S/C13H10.C8H8O2/c1-3-7-12-10(5-1)9-11-6-2-4-8-13(11)12;1-2-4-8-7(3-1)9-5-6-10-8/h1-8H,9H2;1-4H,5-6H2. The van der Waals surface area contributed by atoms with Crippen molar-refractivity contribution in [1.82, 2.24) is 0 Å². The molecule has 1 aliphatic carbocycles. The largest absolute Gasteiger partial charge is 0.486 e. The molecule has 1 heterocycles. The van der Waals surface area contributed by atoms with Crippen molar-refractivity contribution in [2.75, 3.05) is 13.2 Å². The number of fused-ring (bicyclic) bond motifs is 4. The molecule has 0 N–H and O–H groups in total. The zero-order chi connectivity index (χ0) is 15.5. The molecule has 2 aliphatic rings. The molecule has 3 aromatic rings. The van der Waals surface area contributed by atoms with E-state index in [1.54, 1.807) is 0 Å². The first-order valence-corrected chi connectivity index (χ1v) is 7.92. The van der Waals surface area contributed by atoms with Crippen molar-refractivity contribution in [3.05, 3.63) is 83.9 Å². The number of hydrogen-bond acceptors (Lipinski definition) is 2. The third-order valence-corrected chi connectivity index (χ3v) is 4.15. The summed E-state index contributed by atoms with van der Waals surface area (Å²) in [6.45, 7) is 1.33. The third-order valence-electron chi connectivity index (χ3n) is 4.15. The van der Waals surface area contributed by atoms with Crippen LogP contribution in [0.4, 0.5) is 0 Å². The second-order valence-corrected chi connectivity index (χ2v) is 5.63. The zero-order valence-electron chi connectivity index (χ0n) is 12.9. The minimum atomic E-state index is 0.664. The van der Waals surface area contributed by atoms with Gasteiger partial charge in [-0.2, -0.15) is 0 Å². The van der Waals surface area contributed by atoms with Crippen molar-refractivity contribution in [3.8, 4) is 22.6 Å². The summed E-state index contributed by atoms with van der Waals surface area (Å²) >= 11 is 0. The SMILES string of the molecule is c1ccc2c(c1)Cc1ccccc1-2.c1ccc2c(c1)OCCO2. The van der Waals surface area contributed by atoms with E-state index in [-0.39, 0.29) is 0 Å². The smallest absolute Gasteiger partial charge is 0.161 e. The highest BCUT2D eigenvalue weighted by Crippen LogP contribution is 2.35. The van der Waals surface area contributed by atoms with Gasteiger partial charge in [-0.05, 0) is 40.8 Å². The summed E-state index contributed by atoms with van der Waals surface area (Å²) < 4.78 is 10.6. The normalized spacial score (nSPS) is 13.4. The summed E-state index contributed by atoms with van der Waals surface area (Å²) in [7, 11) is 0. The summed E-state index contributed by atoms with van der Waals surface area (Å²) in [6.07, 6.45) is 1.10. The number of benzene rings is 3. The molecule has 0 saturated heterocycles. The van der Waals surface area contributed by atoms with Crippen LogP contribution in [0.25, 0.3) is 11.1 Å². The average molecular weight is 302 g/mol. The Morgan fingerprint density at radius 3 is 1.48 bits per heavy atom. The van der Waals surface area contributed by atoms with Gasteiger partial charge in [0.05, 0.1) is 0 Å². The van der Waals surface area contributed by atoms with Crippen LogP contribution in [0.3, 0.4) is 0 Å². The fourth-order valence-corrected chi connectivity index (χ4v) is 3.07. The number of rotatable bonds is 0. The maximum Gasteiger partial charge on any atom is 0.161 e. The van der Waals surface area contributed by atoms with Crippen LogP contribution in [-0.4, -0.2) is 13.2 Å². The fraction of sp³-hybridized carbons (Fsp3) is 0.143. The molecule has 0 aromatic heterocycles. The Hall–Kier alpha value is -2.74. The summed E-state index contributed by atoms with van der Waals surface area (Å²) in [6, 6.07) is 25.0. The van der Waals surface area contributed by atoms with Crippen molar-refractivity contribution in [3.63, 3.8) is 0 Å². The number of para-hydroxylation sites is 2. The van der Waals surface area contributed by atoms with Gasteiger partial charge in [0.15, 0.2) is 11.5 Å². The van der Waals surface area contributed by atoms with Gasteiger partial charge >= 0.3 is 0 Å². The summed E-state index contributed by atoms with van der Waals surface area (Å²) in [5.41, 5.74) is 5.75. The third kappa shape index (κ3) is 2.80. The second kappa shape index (κ2) is 6.17. The Kier molecular flexibility index (Phi) is 3.73. The highest BCUT2D eigenvalue weighted by Gasteiger charge is 2.15. The molecule has 2 heteroatoms. The zero-order valence-corrected chi connectivity index (χ0v) is 12.9. The van der Waals surface area contributed by atoms with Crippen molar-refractivity contribution in [2.45, 2.75) is 6.42 Å². The molecule has 0 saturated carbocycles. The first-order chi connectivity index (χ1) is 11.4. The molecule has 3 aromatic carbocycles. The van der Waals surface area contributed by atoms with Crippen LogP contribution in [-0.2, 0) is 6.42 Å². The second-order valence-electron chi connectivity index (χ2n) is 5.63. The van der Waals surface area contributed by atoms with Crippen LogP contribution >= 0.6 is 0 Å². The highest BCUT2D eigenvalue weighted by atomic mass is 16.6. The van der Waals surface area contributed by atoms with Crippen LogP contribution in [0.1, 0.15) is 11.1 Å². The Labute approximate surface area is 136 Å². The Bertz CT molecular complexity index is 755. The minimum Gasteiger partial charge on any atom is -0.486 e. The average Bonchev–Trinajstić information content (AvgIpc) is 3.01. The monoisotopic (exact) mass is 302 g/mol. The molecule has 114 valence electrons. The maximum atomic E-state index is 5.30. The van der Waals surface area contributed by atoms with E-state index in [2.05, 4.69) is 48.5 Å². The Balaban J connectivity index is 0.000000122. The number of hydrogen-bond donors (Lipinski definition) is 0. The molecule has 0 bridgehead atoms. The molecular formula is C21H18O2. The lowest BCUT2D eigenvalue weighted by Crippen LogP contribution is -2.14. The lowest BCUT2D eigenvalue weighted by Gasteiger charge is -2.17. The van der Waals surface area contributed by atoms with Gasteiger partial charge in [-0.1, -0.05) is 60.7 Å². The van der Waals surface area contributed by atoms with E-state index >= 15 is 0 Å². The van der Waals surface area contributed by atoms with Gasteiger partial charge in [0.2, 0.25) is 0 Å². The van der Waals surface area contributed by atoms with Gasteiger partial charge in [-0.25, -0.2) is 0 Å². The molecule has 0 spiro atoms. The van der Waals surface area contributed by atoms with Crippen LogP contribution in [0.15, 0.2) is 72.8 Å². The van der Waals surface area contributed by atoms with Gasteiger partial charge < -0.3 is 9.47 Å². The molecule has 0 fully saturated rings. The summed E-state index contributed by atoms with van der Waals surface area (Å²) in [5, 5.41) is 0. The van der Waals surface area contributed by atoms with E-state index in [0.29, 0.717) is 13.2 Å². The molecular weight excluding hydrogens is 284 g/mol. The first kappa shape index (κ1) is 13.9. The molecule has 1 aliphatic heterocycles. The van der Waals surface area contributed by atoms with E-state index in [9.17, 15) is 0 Å². The van der Waals surface area contributed by atoms with E-state index in [0.717, 1.165) is 17.9 Å². The molecule has 23 heavy (non-hydrogen) atoms. The van der Waals surface area contributed by atoms with Gasteiger partial charge in [0.1, 0.15) is 13.2 Å². The molecule has 5 rings (SSSR count). The lowest BCUT2D eigenvalue weighted by molar-refractivity contribution is 0.171. The molecule has 0 radical (unpaired) electrons. The van der Waals surface area contributed by atoms with E-state index in [1.807, 2.05) is 24.3 Å². The maximum absolute atomic E-state index is 5.30. The van der Waals surface area contributed by atoms with Crippen LogP contribution in [0.2, 0.25) is 0 Å².